The predicted molar refractivity (Wildman–Crippen MR) is 156 cm³/mol. The van der Waals surface area contributed by atoms with Crippen molar-refractivity contribution in [1.82, 2.24) is 25.1 Å². The van der Waals surface area contributed by atoms with Gasteiger partial charge in [-0.15, -0.1) is 0 Å². The van der Waals surface area contributed by atoms with Gasteiger partial charge in [-0.25, -0.2) is 18.4 Å². The number of aromatic amines is 1. The lowest BCUT2D eigenvalue weighted by molar-refractivity contribution is 0.308. The van der Waals surface area contributed by atoms with Gasteiger partial charge < -0.3 is 19.9 Å². The van der Waals surface area contributed by atoms with Crippen LogP contribution < -0.4 is 15.0 Å². The number of aromatic nitrogens is 4. The molecule has 0 aliphatic carbocycles. The minimum absolute atomic E-state index is 0.0678. The molecule has 0 spiro atoms. The fraction of sp³-hybridized carbons (Fsp3) is 0.519. The van der Waals surface area contributed by atoms with Crippen LogP contribution in [0.5, 0.6) is 5.75 Å². The van der Waals surface area contributed by atoms with Crippen molar-refractivity contribution in [3.63, 3.8) is 0 Å². The Morgan fingerprint density at radius 1 is 1.15 bits per heavy atom. The number of aryl methyl sites for hydroxylation is 1. The van der Waals surface area contributed by atoms with E-state index in [1.165, 1.54) is 18.2 Å². The number of anilines is 3. The third-order valence-electron chi connectivity index (χ3n) is 6.74. The van der Waals surface area contributed by atoms with Crippen LogP contribution in [-0.2, 0) is 9.84 Å². The average Bonchev–Trinajstić information content (AvgIpc) is 3.33. The van der Waals surface area contributed by atoms with E-state index in [-0.39, 0.29) is 5.75 Å². The lowest BCUT2D eigenvalue weighted by Crippen LogP contribution is -2.35. The number of benzene rings is 1. The minimum atomic E-state index is -3.26. The Balaban J connectivity index is 1.65. The first-order chi connectivity index (χ1) is 18.7. The van der Waals surface area contributed by atoms with Crippen LogP contribution >= 0.6 is 11.8 Å². The van der Waals surface area contributed by atoms with Gasteiger partial charge in [-0.05, 0) is 95.7 Å². The molecule has 0 amide bonds. The van der Waals surface area contributed by atoms with Crippen molar-refractivity contribution < 1.29 is 13.2 Å². The van der Waals surface area contributed by atoms with Gasteiger partial charge in [-0.2, -0.15) is 5.10 Å². The molecule has 1 saturated heterocycles. The van der Waals surface area contributed by atoms with E-state index >= 15 is 0 Å². The lowest BCUT2D eigenvalue weighted by atomic mass is 9.93. The quantitative estimate of drug-likeness (QED) is 0.294. The van der Waals surface area contributed by atoms with E-state index in [4.69, 9.17) is 14.7 Å². The zero-order valence-corrected chi connectivity index (χ0v) is 25.0. The Morgan fingerprint density at radius 2 is 1.87 bits per heavy atom. The Bertz CT molecular complexity index is 1340. The molecule has 1 aliphatic heterocycles. The number of rotatable bonds is 12. The Kier molecular flexibility index (Phi) is 9.73. The topological polar surface area (TPSA) is 116 Å². The normalized spacial score (nSPS) is 14.7. The first-order valence-corrected chi connectivity index (χ1v) is 15.9. The number of sulfone groups is 1. The molecule has 0 bridgehead atoms. The monoisotopic (exact) mass is 573 g/mol. The number of ether oxygens (including phenoxy) is 1. The predicted octanol–water partition coefficient (Wildman–Crippen LogP) is 4.76. The number of hydrogen-bond acceptors (Lipinski definition) is 10. The molecule has 212 valence electrons. The van der Waals surface area contributed by atoms with Crippen LogP contribution in [0, 0.1) is 12.8 Å². The Hall–Kier alpha value is -2.83. The van der Waals surface area contributed by atoms with Crippen LogP contribution in [0.2, 0.25) is 0 Å². The lowest BCUT2D eigenvalue weighted by Gasteiger charge is -2.34. The summed E-state index contributed by atoms with van der Waals surface area (Å²) in [5.41, 5.74) is 0.932. The molecule has 3 heterocycles. The van der Waals surface area contributed by atoms with E-state index in [0.29, 0.717) is 40.0 Å². The third kappa shape index (κ3) is 7.64. The van der Waals surface area contributed by atoms with Gasteiger partial charge >= 0.3 is 0 Å². The molecule has 0 radical (unpaired) electrons. The molecule has 0 atom stereocenters. The number of piperidine rings is 1. The van der Waals surface area contributed by atoms with Gasteiger partial charge in [0.05, 0.1) is 17.3 Å². The zero-order chi connectivity index (χ0) is 28.0. The fourth-order valence-corrected chi connectivity index (χ4v) is 6.14. The Labute approximate surface area is 235 Å². The summed E-state index contributed by atoms with van der Waals surface area (Å²) in [4.78, 5) is 15.5. The van der Waals surface area contributed by atoms with Crippen LogP contribution in [-0.4, -0.2) is 79.6 Å². The van der Waals surface area contributed by atoms with Gasteiger partial charge in [-0.3, -0.25) is 5.10 Å². The first-order valence-electron chi connectivity index (χ1n) is 13.4. The molecular weight excluding hydrogens is 534 g/mol. The summed E-state index contributed by atoms with van der Waals surface area (Å²) < 4.78 is 30.6. The van der Waals surface area contributed by atoms with Crippen molar-refractivity contribution in [2.75, 3.05) is 56.3 Å². The van der Waals surface area contributed by atoms with E-state index in [0.717, 1.165) is 48.9 Å². The second-order valence-corrected chi connectivity index (χ2v) is 13.3. The van der Waals surface area contributed by atoms with Crippen LogP contribution in [0.3, 0.4) is 0 Å². The first kappa shape index (κ1) is 29.2. The average molecular weight is 574 g/mol. The molecule has 1 fully saturated rings. The molecule has 10 nitrogen and oxygen atoms in total. The van der Waals surface area contributed by atoms with Gasteiger partial charge in [0.25, 0.3) is 0 Å². The van der Waals surface area contributed by atoms with Crippen molar-refractivity contribution in [1.29, 1.82) is 0 Å². The molecule has 12 heteroatoms. The van der Waals surface area contributed by atoms with Gasteiger partial charge in [0.15, 0.2) is 32.4 Å². The highest BCUT2D eigenvalue weighted by Gasteiger charge is 2.26. The summed E-state index contributed by atoms with van der Waals surface area (Å²) >= 11 is 1.39. The summed E-state index contributed by atoms with van der Waals surface area (Å²) in [6, 6.07) is 8.79. The molecule has 0 unspecified atom stereocenters. The summed E-state index contributed by atoms with van der Waals surface area (Å²) in [6.45, 7) is 8.90. The van der Waals surface area contributed by atoms with Crippen molar-refractivity contribution in [2.45, 2.75) is 55.0 Å². The smallest absolute Gasteiger partial charge is 0.205 e. The Morgan fingerprint density at radius 3 is 2.46 bits per heavy atom. The fourth-order valence-electron chi connectivity index (χ4n) is 4.51. The standard InChI is InChI=1S/C27H39N7O3S2/c1-6-37-24-25(28-23-18-19(3)31-32-23)29-27(38-21-8-10-22(11-9-21)39(35,36)7-2)30-26(24)34-16-13-20(14-17-34)12-15-33(4)5/h8-11,18,20H,6-7,12-17H2,1-5H3,(H2,28,29,30,31,32). The maximum absolute atomic E-state index is 12.2. The van der Waals surface area contributed by atoms with E-state index in [1.807, 2.05) is 19.9 Å². The highest BCUT2D eigenvalue weighted by atomic mass is 32.2. The maximum atomic E-state index is 12.2. The van der Waals surface area contributed by atoms with E-state index in [1.54, 1.807) is 31.2 Å². The van der Waals surface area contributed by atoms with Crippen LogP contribution in [0.15, 0.2) is 45.3 Å². The number of H-pyrrole nitrogens is 1. The SMILES string of the molecule is CCOc1c(Nc2cc(C)[nH]n2)nc(Sc2ccc(S(=O)(=O)CC)cc2)nc1N1CCC(CCN(C)C)CC1. The molecular formula is C27H39N7O3S2. The van der Waals surface area contributed by atoms with Crippen molar-refractivity contribution in [2.24, 2.45) is 5.92 Å². The molecule has 2 N–H and O–H groups in total. The van der Waals surface area contributed by atoms with Crippen LogP contribution in [0.1, 0.15) is 38.8 Å². The van der Waals surface area contributed by atoms with E-state index < -0.39 is 9.84 Å². The van der Waals surface area contributed by atoms with Gasteiger partial charge in [0.2, 0.25) is 5.75 Å². The largest absolute Gasteiger partial charge is 0.487 e. The van der Waals surface area contributed by atoms with Gasteiger partial charge in [-0.1, -0.05) is 6.92 Å². The molecule has 39 heavy (non-hydrogen) atoms. The molecule has 3 aromatic rings. The third-order valence-corrected chi connectivity index (χ3v) is 9.36. The van der Waals surface area contributed by atoms with Gasteiger partial charge in [0, 0.05) is 29.7 Å². The summed E-state index contributed by atoms with van der Waals surface area (Å²) in [6.07, 6.45) is 3.39. The highest BCUT2D eigenvalue weighted by Crippen LogP contribution is 2.40. The van der Waals surface area contributed by atoms with E-state index in [2.05, 4.69) is 39.4 Å². The number of hydrogen-bond donors (Lipinski definition) is 2. The van der Waals surface area contributed by atoms with Gasteiger partial charge in [0.1, 0.15) is 0 Å². The molecule has 1 aliphatic rings. The van der Waals surface area contributed by atoms with Crippen molar-refractivity contribution in [3.05, 3.63) is 36.0 Å². The van der Waals surface area contributed by atoms with Crippen molar-refractivity contribution in [3.8, 4) is 5.75 Å². The minimum Gasteiger partial charge on any atom is -0.487 e. The number of nitrogens with one attached hydrogen (secondary N) is 2. The molecule has 2 aromatic heterocycles. The van der Waals surface area contributed by atoms with Crippen molar-refractivity contribution >= 4 is 39.1 Å². The van der Waals surface area contributed by atoms with Crippen LogP contribution in [0.4, 0.5) is 17.5 Å². The zero-order valence-electron chi connectivity index (χ0n) is 23.4. The second kappa shape index (κ2) is 13.0. The van der Waals surface area contributed by atoms with E-state index in [9.17, 15) is 8.42 Å². The summed E-state index contributed by atoms with van der Waals surface area (Å²) in [7, 11) is 0.980. The molecule has 0 saturated carbocycles. The highest BCUT2D eigenvalue weighted by molar-refractivity contribution is 7.99. The molecule has 4 rings (SSSR count). The number of nitrogens with zero attached hydrogens (tertiary/aromatic N) is 5. The second-order valence-electron chi connectivity index (χ2n) is 10.0. The summed E-state index contributed by atoms with van der Waals surface area (Å²) in [5, 5.41) is 11.1. The van der Waals surface area contributed by atoms with Crippen LogP contribution in [0.25, 0.3) is 0 Å². The maximum Gasteiger partial charge on any atom is 0.205 e. The molecule has 1 aromatic carbocycles. The summed E-state index contributed by atoms with van der Waals surface area (Å²) in [5.74, 6) is 3.33.